The Kier molecular flexibility index (Phi) is 13.6. The van der Waals surface area contributed by atoms with Crippen molar-refractivity contribution in [2.75, 3.05) is 13.7 Å². The topological polar surface area (TPSA) is 88.5 Å². The molecular formula is C15H21ClN2O3. The Morgan fingerprint density at radius 3 is 2.57 bits per heavy atom. The fourth-order valence-electron chi connectivity index (χ4n) is 1.73. The largest absolute Gasteiger partial charge is 0.493 e. The Hall–Kier alpha value is -1.76. The van der Waals surface area contributed by atoms with Gasteiger partial charge in [-0.3, -0.25) is 0 Å². The molecule has 6 heteroatoms. The van der Waals surface area contributed by atoms with E-state index in [0.29, 0.717) is 25.2 Å². The molecule has 0 aliphatic carbocycles. The molecule has 0 amide bonds. The molecule has 3 N–H and O–H groups in total. The van der Waals surface area contributed by atoms with Gasteiger partial charge in [-0.25, -0.2) is 5.90 Å². The molecule has 0 spiro atoms. The lowest BCUT2D eigenvalue weighted by Gasteiger charge is -2.14. The average Bonchev–Trinajstić information content (AvgIpc) is 2.47. The molecule has 0 aliphatic heterocycles. The molecule has 5 nitrogen and oxygen atoms in total. The van der Waals surface area contributed by atoms with Crippen molar-refractivity contribution in [1.82, 2.24) is 0 Å². The summed E-state index contributed by atoms with van der Waals surface area (Å²) in [6.07, 6.45) is 6.72. The summed E-state index contributed by atoms with van der Waals surface area (Å²) in [5, 5.41) is 15.4. The molecule has 0 fully saturated rings. The molecule has 1 rings (SSSR count). The molecular weight excluding hydrogens is 292 g/mol. The van der Waals surface area contributed by atoms with E-state index in [-0.39, 0.29) is 12.4 Å². The number of benzene rings is 1. The van der Waals surface area contributed by atoms with E-state index in [9.17, 15) is 0 Å². The number of nitrogens with zero attached hydrogens (tertiary/aromatic N) is 1. The Balaban J connectivity index is 0. The maximum absolute atomic E-state index is 8.94. The van der Waals surface area contributed by atoms with E-state index in [4.69, 9.17) is 26.4 Å². The Morgan fingerprint density at radius 1 is 1.38 bits per heavy atom. The second-order valence-electron chi connectivity index (χ2n) is 3.98. The van der Waals surface area contributed by atoms with E-state index in [0.717, 1.165) is 23.3 Å². The van der Waals surface area contributed by atoms with Gasteiger partial charge in [0.2, 0.25) is 0 Å². The summed E-state index contributed by atoms with van der Waals surface area (Å²) >= 11 is 0. The van der Waals surface area contributed by atoms with Gasteiger partial charge in [0.05, 0.1) is 24.8 Å². The average molecular weight is 313 g/mol. The fourth-order valence-corrected chi connectivity index (χ4v) is 1.73. The second-order valence-corrected chi connectivity index (χ2v) is 3.98. The van der Waals surface area contributed by atoms with Crippen LogP contribution in [0, 0.1) is 30.6 Å². The zero-order valence-corrected chi connectivity index (χ0v) is 13.1. The van der Waals surface area contributed by atoms with E-state index in [2.05, 4.69) is 17.9 Å². The summed E-state index contributed by atoms with van der Waals surface area (Å²) in [6.45, 7) is 2.94. The molecule has 0 radical (unpaired) electrons. The van der Waals surface area contributed by atoms with Gasteiger partial charge in [-0.15, -0.1) is 24.8 Å². The maximum atomic E-state index is 8.94. The SMILES string of the molecule is C#CCCCOc1c(C)cc(C#N)cc1COC.Cl.NO. The molecule has 21 heavy (non-hydrogen) atoms. The lowest BCUT2D eigenvalue weighted by atomic mass is 10.1. The van der Waals surface area contributed by atoms with Crippen LogP contribution >= 0.6 is 12.4 Å². The zero-order valence-electron chi connectivity index (χ0n) is 12.3. The van der Waals surface area contributed by atoms with Crippen LogP contribution < -0.4 is 10.6 Å². The van der Waals surface area contributed by atoms with Crippen LogP contribution in [0.4, 0.5) is 0 Å². The number of nitrogens with two attached hydrogens (primary N) is 1. The molecule has 1 aromatic rings. The first-order chi connectivity index (χ1) is 9.72. The zero-order chi connectivity index (χ0) is 15.4. The number of nitriles is 1. The molecule has 116 valence electrons. The Morgan fingerprint density at radius 2 is 2.05 bits per heavy atom. The summed E-state index contributed by atoms with van der Waals surface area (Å²) in [4.78, 5) is 0. The highest BCUT2D eigenvalue weighted by molar-refractivity contribution is 5.85. The maximum Gasteiger partial charge on any atom is 0.127 e. The first kappa shape index (κ1) is 21.5. The third kappa shape index (κ3) is 7.55. The van der Waals surface area contributed by atoms with Gasteiger partial charge < -0.3 is 14.7 Å². The van der Waals surface area contributed by atoms with Crippen LogP contribution in [0.3, 0.4) is 0 Å². The molecule has 0 heterocycles. The highest BCUT2D eigenvalue weighted by atomic mass is 35.5. The predicted molar refractivity (Wildman–Crippen MR) is 83.4 cm³/mol. The van der Waals surface area contributed by atoms with Crippen molar-refractivity contribution in [2.24, 2.45) is 5.90 Å². The summed E-state index contributed by atoms with van der Waals surface area (Å²) in [5.74, 6) is 6.88. The van der Waals surface area contributed by atoms with Crippen molar-refractivity contribution >= 4 is 12.4 Å². The van der Waals surface area contributed by atoms with E-state index < -0.39 is 0 Å². The summed E-state index contributed by atoms with van der Waals surface area (Å²) in [6, 6.07) is 5.75. The van der Waals surface area contributed by atoms with Crippen LogP contribution in [0.5, 0.6) is 5.75 Å². The van der Waals surface area contributed by atoms with Crippen molar-refractivity contribution in [1.29, 1.82) is 5.26 Å². The first-order valence-electron chi connectivity index (χ1n) is 6.07. The molecule has 0 aliphatic rings. The normalized spacial score (nSPS) is 8.48. The van der Waals surface area contributed by atoms with Crippen LogP contribution in [0.1, 0.15) is 29.5 Å². The van der Waals surface area contributed by atoms with Crippen LogP contribution in [-0.2, 0) is 11.3 Å². The summed E-state index contributed by atoms with van der Waals surface area (Å²) in [7, 11) is 1.62. The van der Waals surface area contributed by atoms with Gasteiger partial charge in [0.1, 0.15) is 5.75 Å². The molecule has 0 bridgehead atoms. The van der Waals surface area contributed by atoms with Crippen LogP contribution in [0.2, 0.25) is 0 Å². The van der Waals surface area contributed by atoms with E-state index in [1.807, 2.05) is 13.0 Å². The van der Waals surface area contributed by atoms with Crippen molar-refractivity contribution < 1.29 is 14.7 Å². The first-order valence-corrected chi connectivity index (χ1v) is 6.07. The van der Waals surface area contributed by atoms with Crippen LogP contribution in [0.15, 0.2) is 12.1 Å². The molecule has 0 saturated heterocycles. The number of hydrogen-bond acceptors (Lipinski definition) is 5. The summed E-state index contributed by atoms with van der Waals surface area (Å²) in [5.41, 5.74) is 2.46. The third-order valence-electron chi connectivity index (χ3n) is 2.49. The van der Waals surface area contributed by atoms with Gasteiger partial charge in [-0.05, 0) is 31.0 Å². The minimum absolute atomic E-state index is 0. The number of rotatable bonds is 6. The van der Waals surface area contributed by atoms with Gasteiger partial charge in [0.25, 0.3) is 0 Å². The van der Waals surface area contributed by atoms with Gasteiger partial charge in [-0.2, -0.15) is 5.26 Å². The summed E-state index contributed by atoms with van der Waals surface area (Å²) < 4.78 is 10.9. The van der Waals surface area contributed by atoms with Crippen molar-refractivity contribution in [3.8, 4) is 24.2 Å². The number of terminal acetylenes is 1. The second kappa shape index (κ2) is 13.2. The minimum Gasteiger partial charge on any atom is -0.493 e. The lowest BCUT2D eigenvalue weighted by Crippen LogP contribution is -2.03. The Bertz CT molecular complexity index is 493. The van der Waals surface area contributed by atoms with Gasteiger partial charge >= 0.3 is 0 Å². The predicted octanol–water partition coefficient (Wildman–Crippen LogP) is 2.56. The lowest BCUT2D eigenvalue weighted by molar-refractivity contribution is 0.179. The smallest absolute Gasteiger partial charge is 0.127 e. The van der Waals surface area contributed by atoms with Gasteiger partial charge in [0.15, 0.2) is 0 Å². The molecule has 0 aromatic heterocycles. The van der Waals surface area contributed by atoms with Gasteiger partial charge in [0, 0.05) is 19.1 Å². The standard InChI is InChI=1S/C15H17NO2.ClH.H3NO/c1-4-5-6-7-18-15-12(2)8-13(10-16)9-14(15)11-17-3;;1-2/h1,8-9H,5-7,11H2,2-3H3;1H;2H,1H2. The van der Waals surface area contributed by atoms with E-state index >= 15 is 0 Å². The van der Waals surface area contributed by atoms with Crippen molar-refractivity contribution in [2.45, 2.75) is 26.4 Å². The van der Waals surface area contributed by atoms with Crippen molar-refractivity contribution in [3.05, 3.63) is 28.8 Å². The highest BCUT2D eigenvalue weighted by Gasteiger charge is 2.09. The molecule has 1 aromatic carbocycles. The van der Waals surface area contributed by atoms with E-state index in [1.165, 1.54) is 0 Å². The molecule has 0 unspecified atom stereocenters. The minimum atomic E-state index is 0. The Labute approximate surface area is 132 Å². The van der Waals surface area contributed by atoms with Crippen LogP contribution in [-0.4, -0.2) is 18.9 Å². The monoisotopic (exact) mass is 312 g/mol. The van der Waals surface area contributed by atoms with Crippen LogP contribution in [0.25, 0.3) is 0 Å². The molecule has 0 atom stereocenters. The number of ether oxygens (including phenoxy) is 2. The third-order valence-corrected chi connectivity index (χ3v) is 2.49. The number of unbranched alkanes of at least 4 members (excludes halogenated alkanes) is 1. The fraction of sp³-hybridized carbons (Fsp3) is 0.400. The van der Waals surface area contributed by atoms with Crippen molar-refractivity contribution in [3.63, 3.8) is 0 Å². The number of methoxy groups -OCH3 is 1. The highest BCUT2D eigenvalue weighted by Crippen LogP contribution is 2.26. The number of halogens is 1. The van der Waals surface area contributed by atoms with Gasteiger partial charge in [-0.1, -0.05) is 0 Å². The number of aryl methyl sites for hydroxylation is 1. The quantitative estimate of drug-likeness (QED) is 0.479. The molecule has 0 saturated carbocycles. The van der Waals surface area contributed by atoms with E-state index in [1.54, 1.807) is 13.2 Å². The number of hydrogen-bond donors (Lipinski definition) is 2.